The van der Waals surface area contributed by atoms with Crippen LogP contribution in [0.5, 0.6) is 0 Å². The molecule has 3 heterocycles. The van der Waals surface area contributed by atoms with Gasteiger partial charge in [-0.1, -0.05) is 0 Å². The molecule has 3 rings (SSSR count). The summed E-state index contributed by atoms with van der Waals surface area (Å²) < 4.78 is 9.24. The first-order valence-electron chi connectivity index (χ1n) is 7.87. The minimum Gasteiger partial charge on any atom is -0.381 e. The Hall–Kier alpha value is -2.20. The SMILES string of the molecule is Cn1nc(NC(=O)C(=O)Nc2cc(C3CCCOC3)nn2C)cc1Br. The Morgan fingerprint density at radius 1 is 1.20 bits per heavy atom. The van der Waals surface area contributed by atoms with Gasteiger partial charge in [-0.3, -0.25) is 19.0 Å². The number of hydrogen-bond acceptors (Lipinski definition) is 5. The largest absolute Gasteiger partial charge is 0.381 e. The normalized spacial score (nSPS) is 17.3. The summed E-state index contributed by atoms with van der Waals surface area (Å²) in [6.07, 6.45) is 1.99. The van der Waals surface area contributed by atoms with Crippen molar-refractivity contribution >= 4 is 39.4 Å². The Bertz CT molecular complexity index is 774. The van der Waals surface area contributed by atoms with E-state index < -0.39 is 11.8 Å². The quantitative estimate of drug-likeness (QED) is 0.744. The Morgan fingerprint density at radius 2 is 1.96 bits per heavy atom. The molecule has 0 radical (unpaired) electrons. The van der Waals surface area contributed by atoms with Crippen molar-refractivity contribution < 1.29 is 14.3 Å². The molecule has 2 aromatic rings. The molecule has 1 fully saturated rings. The maximum atomic E-state index is 12.1. The summed E-state index contributed by atoms with van der Waals surface area (Å²) in [4.78, 5) is 24.1. The van der Waals surface area contributed by atoms with Gasteiger partial charge in [-0.25, -0.2) is 0 Å². The highest BCUT2D eigenvalue weighted by Crippen LogP contribution is 2.26. The van der Waals surface area contributed by atoms with E-state index >= 15 is 0 Å². The maximum Gasteiger partial charge on any atom is 0.315 e. The average Bonchev–Trinajstić information content (AvgIpc) is 3.11. The van der Waals surface area contributed by atoms with E-state index in [0.717, 1.165) is 25.1 Å². The van der Waals surface area contributed by atoms with Crippen molar-refractivity contribution in [1.82, 2.24) is 19.6 Å². The topological polar surface area (TPSA) is 103 Å². The van der Waals surface area contributed by atoms with Crippen molar-refractivity contribution in [3.63, 3.8) is 0 Å². The van der Waals surface area contributed by atoms with E-state index in [2.05, 4.69) is 36.8 Å². The number of nitrogens with zero attached hydrogens (tertiary/aromatic N) is 4. The molecule has 10 heteroatoms. The lowest BCUT2D eigenvalue weighted by Crippen LogP contribution is -2.30. The highest BCUT2D eigenvalue weighted by molar-refractivity contribution is 9.10. The molecule has 1 atom stereocenters. The summed E-state index contributed by atoms with van der Waals surface area (Å²) in [5.41, 5.74) is 0.853. The molecule has 0 aromatic carbocycles. The van der Waals surface area contributed by atoms with Gasteiger partial charge >= 0.3 is 11.8 Å². The minimum atomic E-state index is -0.797. The molecular formula is C15H19BrN6O3. The average molecular weight is 411 g/mol. The van der Waals surface area contributed by atoms with E-state index in [1.54, 1.807) is 30.9 Å². The number of nitrogens with one attached hydrogen (secondary N) is 2. The third-order valence-electron chi connectivity index (χ3n) is 3.99. The smallest absolute Gasteiger partial charge is 0.315 e. The first kappa shape index (κ1) is 17.6. The monoisotopic (exact) mass is 410 g/mol. The van der Waals surface area contributed by atoms with Crippen LogP contribution in [0.4, 0.5) is 11.6 Å². The number of ether oxygens (including phenoxy) is 1. The highest BCUT2D eigenvalue weighted by Gasteiger charge is 2.22. The molecule has 0 bridgehead atoms. The summed E-state index contributed by atoms with van der Waals surface area (Å²) in [6.45, 7) is 1.40. The van der Waals surface area contributed by atoms with Gasteiger partial charge in [0.25, 0.3) is 0 Å². The molecule has 0 aliphatic carbocycles. The number of aryl methyl sites for hydroxylation is 2. The zero-order valence-corrected chi connectivity index (χ0v) is 15.5. The third kappa shape index (κ3) is 4.07. The van der Waals surface area contributed by atoms with Crippen molar-refractivity contribution in [3.05, 3.63) is 22.4 Å². The third-order valence-corrected chi connectivity index (χ3v) is 4.73. The van der Waals surface area contributed by atoms with E-state index in [1.165, 1.54) is 4.68 Å². The maximum absolute atomic E-state index is 12.1. The van der Waals surface area contributed by atoms with Crippen molar-refractivity contribution in [2.45, 2.75) is 18.8 Å². The van der Waals surface area contributed by atoms with Crippen LogP contribution in [0, 0.1) is 0 Å². The van der Waals surface area contributed by atoms with Crippen LogP contribution in [-0.4, -0.2) is 44.6 Å². The fraction of sp³-hybridized carbons (Fsp3) is 0.467. The van der Waals surface area contributed by atoms with Crippen LogP contribution in [0.3, 0.4) is 0 Å². The van der Waals surface area contributed by atoms with Crippen molar-refractivity contribution in [1.29, 1.82) is 0 Å². The zero-order chi connectivity index (χ0) is 18.0. The van der Waals surface area contributed by atoms with Crippen LogP contribution >= 0.6 is 15.9 Å². The summed E-state index contributed by atoms with van der Waals surface area (Å²) in [6, 6.07) is 3.39. The van der Waals surface area contributed by atoms with Gasteiger partial charge in [0, 0.05) is 38.8 Å². The standard InChI is InChI=1S/C15H19BrN6O3/c1-21-11(16)7-12(20-21)17-14(23)15(24)18-13-6-10(19-22(13)2)9-4-3-5-25-8-9/h6-7,9H,3-5,8H2,1-2H3,(H,18,24)(H,17,20,23). The van der Waals surface area contributed by atoms with Crippen LogP contribution in [0.25, 0.3) is 0 Å². The van der Waals surface area contributed by atoms with Crippen molar-refractivity contribution in [3.8, 4) is 0 Å². The number of carbonyl (C=O) groups is 2. The number of anilines is 2. The number of rotatable bonds is 3. The lowest BCUT2D eigenvalue weighted by Gasteiger charge is -2.19. The van der Waals surface area contributed by atoms with Crippen LogP contribution in [0.15, 0.2) is 16.7 Å². The van der Waals surface area contributed by atoms with E-state index in [9.17, 15) is 9.59 Å². The first-order valence-corrected chi connectivity index (χ1v) is 8.67. The number of carbonyl (C=O) groups excluding carboxylic acids is 2. The Balaban J connectivity index is 1.63. The van der Waals surface area contributed by atoms with Crippen LogP contribution in [0.1, 0.15) is 24.5 Å². The van der Waals surface area contributed by atoms with Gasteiger partial charge in [-0.05, 0) is 28.8 Å². The molecule has 1 saturated heterocycles. The molecule has 2 aromatic heterocycles. The number of hydrogen-bond donors (Lipinski definition) is 2. The summed E-state index contributed by atoms with van der Waals surface area (Å²) in [5.74, 6) is -0.613. The van der Waals surface area contributed by atoms with E-state index in [4.69, 9.17) is 4.74 Å². The van der Waals surface area contributed by atoms with Gasteiger partial charge in [0.2, 0.25) is 0 Å². The molecule has 134 valence electrons. The van der Waals surface area contributed by atoms with E-state index in [0.29, 0.717) is 22.8 Å². The van der Waals surface area contributed by atoms with Gasteiger partial charge in [0.05, 0.1) is 12.3 Å². The predicted molar refractivity (Wildman–Crippen MR) is 94.2 cm³/mol. The number of amides is 2. The second kappa shape index (κ2) is 7.36. The Labute approximate surface area is 152 Å². The molecular weight excluding hydrogens is 392 g/mol. The molecule has 0 spiro atoms. The molecule has 1 aliphatic rings. The molecule has 2 N–H and O–H groups in total. The van der Waals surface area contributed by atoms with Gasteiger partial charge in [-0.15, -0.1) is 0 Å². The molecule has 9 nitrogen and oxygen atoms in total. The van der Waals surface area contributed by atoms with Gasteiger partial charge in [0.15, 0.2) is 5.82 Å². The summed E-state index contributed by atoms with van der Waals surface area (Å²) in [5, 5.41) is 13.5. The fourth-order valence-electron chi connectivity index (χ4n) is 2.63. The van der Waals surface area contributed by atoms with Crippen LogP contribution in [0.2, 0.25) is 0 Å². The molecule has 25 heavy (non-hydrogen) atoms. The van der Waals surface area contributed by atoms with Crippen molar-refractivity contribution in [2.75, 3.05) is 23.8 Å². The predicted octanol–water partition coefficient (Wildman–Crippen LogP) is 1.39. The summed E-state index contributed by atoms with van der Waals surface area (Å²) in [7, 11) is 3.43. The molecule has 0 saturated carbocycles. The van der Waals surface area contributed by atoms with E-state index in [1.807, 2.05) is 0 Å². The van der Waals surface area contributed by atoms with E-state index in [-0.39, 0.29) is 5.92 Å². The second-order valence-electron chi connectivity index (χ2n) is 5.88. The Morgan fingerprint density at radius 3 is 2.60 bits per heavy atom. The second-order valence-corrected chi connectivity index (χ2v) is 6.69. The Kier molecular flexibility index (Phi) is 5.19. The molecule has 1 aliphatic heterocycles. The van der Waals surface area contributed by atoms with Crippen LogP contribution in [-0.2, 0) is 28.4 Å². The molecule has 2 amide bonds. The van der Waals surface area contributed by atoms with Gasteiger partial charge in [0.1, 0.15) is 10.4 Å². The lowest BCUT2D eigenvalue weighted by atomic mass is 9.99. The molecule has 1 unspecified atom stereocenters. The zero-order valence-electron chi connectivity index (χ0n) is 14.0. The lowest BCUT2D eigenvalue weighted by molar-refractivity contribution is -0.133. The first-order chi connectivity index (χ1) is 11.9. The highest BCUT2D eigenvalue weighted by atomic mass is 79.9. The van der Waals surface area contributed by atoms with Gasteiger partial charge < -0.3 is 15.4 Å². The van der Waals surface area contributed by atoms with Crippen LogP contribution < -0.4 is 10.6 Å². The number of halogens is 1. The van der Waals surface area contributed by atoms with Crippen molar-refractivity contribution in [2.24, 2.45) is 14.1 Å². The fourth-order valence-corrected chi connectivity index (χ4v) is 2.93. The summed E-state index contributed by atoms with van der Waals surface area (Å²) >= 11 is 3.27. The minimum absolute atomic E-state index is 0.213. The number of aromatic nitrogens is 4. The van der Waals surface area contributed by atoms with Gasteiger partial charge in [-0.2, -0.15) is 10.2 Å².